The fraction of sp³-hybridized carbons (Fsp3) is 0.364. The van der Waals surface area contributed by atoms with Crippen LogP contribution in [0, 0.1) is 0 Å². The third-order valence-corrected chi connectivity index (χ3v) is 3.09. The Hall–Kier alpha value is -0.860. The maximum atomic E-state index is 11.9. The predicted octanol–water partition coefficient (Wildman–Crippen LogP) is 2.06. The van der Waals surface area contributed by atoms with Crippen molar-refractivity contribution in [2.24, 2.45) is 0 Å². The second-order valence-electron chi connectivity index (χ2n) is 3.51. The zero-order valence-electron chi connectivity index (χ0n) is 8.01. The van der Waals surface area contributed by atoms with E-state index in [-0.39, 0.29) is 11.8 Å². The summed E-state index contributed by atoms with van der Waals surface area (Å²) in [5, 5.41) is 3.73. The van der Waals surface area contributed by atoms with Crippen LogP contribution < -0.4 is 5.32 Å². The first kappa shape index (κ1) is 9.69. The van der Waals surface area contributed by atoms with Crippen LogP contribution in [-0.4, -0.2) is 18.9 Å². The number of rotatable bonds is 1. The number of ketones is 1. The monoisotopic (exact) mass is 209 g/mol. The molecule has 1 aromatic rings. The largest absolute Gasteiger partial charge is 0.310 e. The van der Waals surface area contributed by atoms with Crippen LogP contribution in [0.2, 0.25) is 5.02 Å². The topological polar surface area (TPSA) is 29.1 Å². The van der Waals surface area contributed by atoms with Crippen LogP contribution >= 0.6 is 11.6 Å². The van der Waals surface area contributed by atoms with Gasteiger partial charge in [-0.1, -0.05) is 23.7 Å². The van der Waals surface area contributed by atoms with Gasteiger partial charge in [0.15, 0.2) is 5.78 Å². The summed E-state index contributed by atoms with van der Waals surface area (Å²) in [6.07, 6.45) is 1.72. The first-order valence-electron chi connectivity index (χ1n) is 4.73. The molecule has 0 spiro atoms. The number of fused-ring (bicyclic) bond motifs is 1. The maximum absolute atomic E-state index is 11.9. The van der Waals surface area contributed by atoms with Crippen molar-refractivity contribution < 1.29 is 4.79 Å². The predicted molar refractivity (Wildman–Crippen MR) is 57.0 cm³/mol. The van der Waals surface area contributed by atoms with Crippen LogP contribution in [0.4, 0.5) is 0 Å². The molecule has 1 N–H and O–H groups in total. The summed E-state index contributed by atoms with van der Waals surface area (Å²) in [5.41, 5.74) is 1.79. The first-order valence-corrected chi connectivity index (χ1v) is 5.10. The minimum absolute atomic E-state index is 0.0408. The van der Waals surface area contributed by atoms with Gasteiger partial charge in [0.05, 0.1) is 6.04 Å². The molecule has 1 aliphatic rings. The van der Waals surface area contributed by atoms with Crippen LogP contribution in [0.15, 0.2) is 18.2 Å². The summed E-state index contributed by atoms with van der Waals surface area (Å²) in [4.78, 5) is 11.9. The second-order valence-corrected chi connectivity index (χ2v) is 3.92. The summed E-state index contributed by atoms with van der Waals surface area (Å²) in [7, 11) is 1.82. The van der Waals surface area contributed by atoms with E-state index in [9.17, 15) is 4.79 Å². The van der Waals surface area contributed by atoms with Crippen molar-refractivity contribution >= 4 is 17.4 Å². The zero-order valence-corrected chi connectivity index (χ0v) is 8.77. The molecule has 0 bridgehead atoms. The molecule has 0 amide bonds. The molecule has 3 heteroatoms. The van der Waals surface area contributed by atoms with E-state index in [1.807, 2.05) is 25.2 Å². The third-order valence-electron chi connectivity index (χ3n) is 2.73. The van der Waals surface area contributed by atoms with Gasteiger partial charge < -0.3 is 5.32 Å². The number of benzene rings is 1. The Morgan fingerprint density at radius 1 is 1.50 bits per heavy atom. The fourth-order valence-corrected chi connectivity index (χ4v) is 2.20. The lowest BCUT2D eigenvalue weighted by atomic mass is 9.87. The van der Waals surface area contributed by atoms with E-state index < -0.39 is 0 Å². The molecule has 1 aliphatic carbocycles. The number of likely N-dealkylation sites (N-methyl/N-ethyl adjacent to an activating group) is 1. The maximum Gasteiger partial charge on any atom is 0.180 e. The molecule has 14 heavy (non-hydrogen) atoms. The molecule has 0 radical (unpaired) electrons. The summed E-state index contributed by atoms with van der Waals surface area (Å²) in [6.45, 7) is 0. The zero-order chi connectivity index (χ0) is 10.1. The highest BCUT2D eigenvalue weighted by Gasteiger charge is 2.26. The number of hydrogen-bond acceptors (Lipinski definition) is 2. The lowest BCUT2D eigenvalue weighted by Crippen LogP contribution is -2.38. The highest BCUT2D eigenvalue weighted by Crippen LogP contribution is 2.27. The lowest BCUT2D eigenvalue weighted by Gasteiger charge is -2.23. The van der Waals surface area contributed by atoms with E-state index in [2.05, 4.69) is 5.32 Å². The number of nitrogens with one attached hydrogen (secondary N) is 1. The molecular weight excluding hydrogens is 198 g/mol. The Labute approximate surface area is 88.3 Å². The molecule has 74 valence electrons. The molecule has 1 unspecified atom stereocenters. The highest BCUT2D eigenvalue weighted by atomic mass is 35.5. The average molecular weight is 210 g/mol. The molecule has 0 saturated heterocycles. The molecule has 0 fully saturated rings. The lowest BCUT2D eigenvalue weighted by molar-refractivity contribution is 0.0933. The van der Waals surface area contributed by atoms with E-state index in [1.54, 1.807) is 0 Å². The van der Waals surface area contributed by atoms with Crippen LogP contribution in [-0.2, 0) is 6.42 Å². The quantitative estimate of drug-likeness (QED) is 0.767. The summed E-state index contributed by atoms with van der Waals surface area (Å²) < 4.78 is 0. The van der Waals surface area contributed by atoms with Gasteiger partial charge in [-0.3, -0.25) is 4.79 Å². The Balaban J connectivity index is 2.46. The molecule has 0 aromatic heterocycles. The summed E-state index contributed by atoms with van der Waals surface area (Å²) in [6, 6.07) is 5.48. The van der Waals surface area contributed by atoms with Crippen molar-refractivity contribution in [3.8, 4) is 0 Å². The van der Waals surface area contributed by atoms with Gasteiger partial charge in [0.25, 0.3) is 0 Å². The van der Waals surface area contributed by atoms with E-state index in [0.29, 0.717) is 5.02 Å². The van der Waals surface area contributed by atoms with Crippen molar-refractivity contribution in [3.63, 3.8) is 0 Å². The van der Waals surface area contributed by atoms with Gasteiger partial charge in [-0.2, -0.15) is 0 Å². The standard InChI is InChI=1S/C11H12ClNO/c1-13-10-6-5-7-8(11(10)14)3-2-4-9(7)12/h2-4,10,13H,5-6H2,1H3. The van der Waals surface area contributed by atoms with Gasteiger partial charge >= 0.3 is 0 Å². The normalized spacial score (nSPS) is 20.7. The molecule has 1 atom stereocenters. The van der Waals surface area contributed by atoms with Crippen molar-refractivity contribution in [2.45, 2.75) is 18.9 Å². The number of carbonyl (C=O) groups excluding carboxylic acids is 1. The van der Waals surface area contributed by atoms with Gasteiger partial charge in [0, 0.05) is 10.6 Å². The number of halogens is 1. The number of carbonyl (C=O) groups is 1. The Bertz CT molecular complexity index is 376. The minimum Gasteiger partial charge on any atom is -0.310 e. The van der Waals surface area contributed by atoms with Gasteiger partial charge in [-0.15, -0.1) is 0 Å². The third kappa shape index (κ3) is 1.45. The molecule has 0 heterocycles. The minimum atomic E-state index is -0.0408. The Morgan fingerprint density at radius 2 is 2.29 bits per heavy atom. The SMILES string of the molecule is CNC1CCc2c(Cl)cccc2C1=O. The fourth-order valence-electron chi connectivity index (χ4n) is 1.93. The van der Waals surface area contributed by atoms with Gasteiger partial charge in [-0.25, -0.2) is 0 Å². The smallest absolute Gasteiger partial charge is 0.180 e. The molecule has 0 saturated carbocycles. The van der Waals surface area contributed by atoms with E-state index >= 15 is 0 Å². The average Bonchev–Trinajstić information content (AvgIpc) is 2.20. The van der Waals surface area contributed by atoms with E-state index in [1.165, 1.54) is 0 Å². The molecule has 2 nitrogen and oxygen atoms in total. The Kier molecular flexibility index (Phi) is 2.57. The van der Waals surface area contributed by atoms with Crippen molar-refractivity contribution in [3.05, 3.63) is 34.3 Å². The van der Waals surface area contributed by atoms with E-state index in [0.717, 1.165) is 24.0 Å². The number of Topliss-reactive ketones (excluding diaryl/α,β-unsaturated/α-hetero) is 1. The van der Waals surface area contributed by atoms with Crippen LogP contribution in [0.25, 0.3) is 0 Å². The van der Waals surface area contributed by atoms with Gasteiger partial charge in [0.1, 0.15) is 0 Å². The molecule has 0 aliphatic heterocycles. The van der Waals surface area contributed by atoms with E-state index in [4.69, 9.17) is 11.6 Å². The summed E-state index contributed by atoms with van der Waals surface area (Å²) in [5.74, 6) is 0.163. The second kappa shape index (κ2) is 3.71. The van der Waals surface area contributed by atoms with Crippen LogP contribution in [0.1, 0.15) is 22.3 Å². The van der Waals surface area contributed by atoms with Crippen molar-refractivity contribution in [1.82, 2.24) is 5.32 Å². The van der Waals surface area contributed by atoms with Crippen LogP contribution in [0.5, 0.6) is 0 Å². The molecule has 1 aromatic carbocycles. The Morgan fingerprint density at radius 3 is 3.00 bits per heavy atom. The van der Waals surface area contributed by atoms with Gasteiger partial charge in [0.2, 0.25) is 0 Å². The van der Waals surface area contributed by atoms with Crippen molar-refractivity contribution in [1.29, 1.82) is 0 Å². The molecule has 2 rings (SSSR count). The molecular formula is C11H12ClNO. The summed E-state index contributed by atoms with van der Waals surface area (Å²) >= 11 is 6.03. The van der Waals surface area contributed by atoms with Crippen LogP contribution in [0.3, 0.4) is 0 Å². The van der Waals surface area contributed by atoms with Crippen molar-refractivity contribution in [2.75, 3.05) is 7.05 Å². The van der Waals surface area contributed by atoms with Gasteiger partial charge in [-0.05, 0) is 31.5 Å². The number of hydrogen-bond donors (Lipinski definition) is 1. The first-order chi connectivity index (χ1) is 6.74. The highest BCUT2D eigenvalue weighted by molar-refractivity contribution is 6.32.